The summed E-state index contributed by atoms with van der Waals surface area (Å²) in [4.78, 5) is 9.10. The molecule has 0 bridgehead atoms. The Hall–Kier alpha value is -1.00. The van der Waals surface area contributed by atoms with Crippen molar-refractivity contribution < 1.29 is 4.74 Å². The third kappa shape index (κ3) is 6.07. The molecule has 102 valence electrons. The van der Waals surface area contributed by atoms with Gasteiger partial charge in [-0.3, -0.25) is 0 Å². The lowest BCUT2D eigenvalue weighted by molar-refractivity contribution is 0.199. The predicted octanol–water partition coefficient (Wildman–Crippen LogP) is 2.11. The number of aryl methyl sites for hydroxylation is 1. The molecule has 1 heterocycles. The van der Waals surface area contributed by atoms with E-state index < -0.39 is 0 Å². The lowest BCUT2D eigenvalue weighted by Crippen LogP contribution is -2.20. The lowest BCUT2D eigenvalue weighted by Gasteiger charge is -2.17. The van der Waals surface area contributed by atoms with Crippen molar-refractivity contribution >= 4 is 0 Å². The van der Waals surface area contributed by atoms with Gasteiger partial charge in [0.15, 0.2) is 0 Å². The van der Waals surface area contributed by atoms with Crippen LogP contribution in [-0.4, -0.2) is 30.2 Å². The Balaban J connectivity index is 2.63. The van der Waals surface area contributed by atoms with Crippen molar-refractivity contribution in [2.24, 2.45) is 5.41 Å². The van der Waals surface area contributed by atoms with E-state index in [9.17, 15) is 0 Å². The summed E-state index contributed by atoms with van der Waals surface area (Å²) in [6, 6.07) is 2.03. The number of hydrogen-bond acceptors (Lipinski definition) is 4. The number of nitrogens with one attached hydrogen (secondary N) is 1. The van der Waals surface area contributed by atoms with E-state index in [4.69, 9.17) is 4.74 Å². The van der Waals surface area contributed by atoms with E-state index in [1.807, 2.05) is 13.0 Å². The van der Waals surface area contributed by atoms with Crippen LogP contribution < -0.4 is 5.32 Å². The lowest BCUT2D eigenvalue weighted by atomic mass is 9.92. The first kappa shape index (κ1) is 15.1. The predicted molar refractivity (Wildman–Crippen MR) is 73.5 cm³/mol. The Kier molecular flexibility index (Phi) is 5.69. The highest BCUT2D eigenvalue weighted by molar-refractivity contribution is 5.10. The molecule has 0 aromatic carbocycles. The molecular formula is C14H25N3O. The highest BCUT2D eigenvalue weighted by atomic mass is 16.5. The SMILES string of the molecule is COCCNCc1cc(C)nc(CC(C)(C)C)n1. The quantitative estimate of drug-likeness (QED) is 0.787. The summed E-state index contributed by atoms with van der Waals surface area (Å²) in [5.74, 6) is 0.936. The molecular weight excluding hydrogens is 226 g/mol. The molecule has 18 heavy (non-hydrogen) atoms. The summed E-state index contributed by atoms with van der Waals surface area (Å²) in [5.41, 5.74) is 2.31. The molecule has 0 unspecified atom stereocenters. The second kappa shape index (κ2) is 6.81. The second-order valence-electron chi connectivity index (χ2n) is 5.82. The van der Waals surface area contributed by atoms with Gasteiger partial charge in [-0.25, -0.2) is 9.97 Å². The van der Waals surface area contributed by atoms with Crippen LogP contribution in [0.5, 0.6) is 0 Å². The Bertz CT molecular complexity index is 372. The van der Waals surface area contributed by atoms with Gasteiger partial charge in [-0.2, -0.15) is 0 Å². The van der Waals surface area contributed by atoms with Crippen LogP contribution in [0.4, 0.5) is 0 Å². The van der Waals surface area contributed by atoms with Gasteiger partial charge in [-0.15, -0.1) is 0 Å². The fourth-order valence-corrected chi connectivity index (χ4v) is 1.73. The fraction of sp³-hybridized carbons (Fsp3) is 0.714. The average Bonchev–Trinajstić information content (AvgIpc) is 2.21. The van der Waals surface area contributed by atoms with Crippen LogP contribution in [0, 0.1) is 12.3 Å². The van der Waals surface area contributed by atoms with E-state index >= 15 is 0 Å². The van der Waals surface area contributed by atoms with Crippen LogP contribution in [0.25, 0.3) is 0 Å². The Morgan fingerprint density at radius 2 is 2.00 bits per heavy atom. The smallest absolute Gasteiger partial charge is 0.129 e. The number of rotatable bonds is 6. The summed E-state index contributed by atoms with van der Waals surface area (Å²) in [7, 11) is 1.71. The third-order valence-electron chi connectivity index (χ3n) is 2.43. The van der Waals surface area contributed by atoms with Gasteiger partial charge in [0.25, 0.3) is 0 Å². The van der Waals surface area contributed by atoms with Crippen molar-refractivity contribution in [2.45, 2.75) is 40.7 Å². The molecule has 0 aliphatic carbocycles. The summed E-state index contributed by atoms with van der Waals surface area (Å²) in [6.45, 7) is 11.0. The molecule has 0 spiro atoms. The van der Waals surface area contributed by atoms with Crippen LogP contribution >= 0.6 is 0 Å². The van der Waals surface area contributed by atoms with E-state index in [1.54, 1.807) is 7.11 Å². The molecule has 4 heteroatoms. The molecule has 4 nitrogen and oxygen atoms in total. The largest absolute Gasteiger partial charge is 0.383 e. The second-order valence-corrected chi connectivity index (χ2v) is 5.82. The van der Waals surface area contributed by atoms with Crippen LogP contribution in [-0.2, 0) is 17.7 Å². The van der Waals surface area contributed by atoms with Crippen LogP contribution in [0.2, 0.25) is 0 Å². The molecule has 1 N–H and O–H groups in total. The van der Waals surface area contributed by atoms with Crippen molar-refractivity contribution in [3.05, 3.63) is 23.3 Å². The Morgan fingerprint density at radius 1 is 1.28 bits per heavy atom. The first-order valence-electron chi connectivity index (χ1n) is 6.44. The van der Waals surface area contributed by atoms with Crippen molar-refractivity contribution in [3.8, 4) is 0 Å². The van der Waals surface area contributed by atoms with E-state index in [2.05, 4.69) is 36.1 Å². The summed E-state index contributed by atoms with van der Waals surface area (Å²) >= 11 is 0. The molecule has 1 aromatic rings. The van der Waals surface area contributed by atoms with Crippen molar-refractivity contribution in [2.75, 3.05) is 20.3 Å². The number of nitrogens with zero attached hydrogens (tertiary/aromatic N) is 2. The van der Waals surface area contributed by atoms with Gasteiger partial charge >= 0.3 is 0 Å². The monoisotopic (exact) mass is 251 g/mol. The van der Waals surface area contributed by atoms with E-state index in [-0.39, 0.29) is 5.41 Å². The number of ether oxygens (including phenoxy) is 1. The maximum absolute atomic E-state index is 5.00. The zero-order valence-corrected chi connectivity index (χ0v) is 12.2. The van der Waals surface area contributed by atoms with Crippen molar-refractivity contribution in [3.63, 3.8) is 0 Å². The third-order valence-corrected chi connectivity index (χ3v) is 2.43. The average molecular weight is 251 g/mol. The van der Waals surface area contributed by atoms with Gasteiger partial charge in [0.2, 0.25) is 0 Å². The molecule has 0 radical (unpaired) electrons. The topological polar surface area (TPSA) is 47.0 Å². The maximum atomic E-state index is 5.00. The molecule has 1 aromatic heterocycles. The summed E-state index contributed by atoms with van der Waals surface area (Å²) < 4.78 is 5.00. The molecule has 0 atom stereocenters. The van der Waals surface area contributed by atoms with Crippen LogP contribution in [0.15, 0.2) is 6.07 Å². The first-order chi connectivity index (χ1) is 8.40. The number of hydrogen-bond donors (Lipinski definition) is 1. The van der Waals surface area contributed by atoms with Crippen molar-refractivity contribution in [1.29, 1.82) is 0 Å². The van der Waals surface area contributed by atoms with Crippen molar-refractivity contribution in [1.82, 2.24) is 15.3 Å². The minimum atomic E-state index is 0.217. The standard InChI is InChI=1S/C14H25N3O/c1-11-8-12(10-15-6-7-18-5)17-13(16-11)9-14(2,3)4/h8,15H,6-7,9-10H2,1-5H3. The van der Waals surface area contributed by atoms with E-state index in [1.165, 1.54) is 0 Å². The first-order valence-corrected chi connectivity index (χ1v) is 6.44. The summed E-state index contributed by atoms with van der Waals surface area (Å²) in [5, 5.41) is 3.30. The van der Waals surface area contributed by atoms with Gasteiger partial charge in [-0.1, -0.05) is 20.8 Å². The zero-order valence-electron chi connectivity index (χ0n) is 12.2. The molecule has 0 saturated carbocycles. The number of methoxy groups -OCH3 is 1. The van der Waals surface area contributed by atoms with E-state index in [0.29, 0.717) is 0 Å². The minimum absolute atomic E-state index is 0.217. The van der Waals surface area contributed by atoms with Gasteiger partial charge in [0, 0.05) is 32.3 Å². The molecule has 0 aliphatic heterocycles. The van der Waals surface area contributed by atoms with Gasteiger partial charge in [0.05, 0.1) is 12.3 Å². The van der Waals surface area contributed by atoms with Gasteiger partial charge in [0.1, 0.15) is 5.82 Å². The van der Waals surface area contributed by atoms with Gasteiger partial charge in [-0.05, 0) is 18.4 Å². The molecule has 0 amide bonds. The molecule has 0 aliphatic rings. The Labute approximate surface area is 110 Å². The van der Waals surface area contributed by atoms with Crippen LogP contribution in [0.1, 0.15) is 38.0 Å². The van der Waals surface area contributed by atoms with Crippen LogP contribution in [0.3, 0.4) is 0 Å². The minimum Gasteiger partial charge on any atom is -0.383 e. The maximum Gasteiger partial charge on any atom is 0.129 e. The zero-order chi connectivity index (χ0) is 13.6. The van der Waals surface area contributed by atoms with Gasteiger partial charge < -0.3 is 10.1 Å². The highest BCUT2D eigenvalue weighted by Gasteiger charge is 2.14. The number of aromatic nitrogens is 2. The highest BCUT2D eigenvalue weighted by Crippen LogP contribution is 2.18. The molecule has 0 saturated heterocycles. The fourth-order valence-electron chi connectivity index (χ4n) is 1.73. The molecule has 1 rings (SSSR count). The normalized spacial score (nSPS) is 11.8. The van der Waals surface area contributed by atoms with E-state index in [0.717, 1.165) is 43.3 Å². The summed E-state index contributed by atoms with van der Waals surface area (Å²) in [6.07, 6.45) is 0.903. The molecule has 0 fully saturated rings. The Morgan fingerprint density at radius 3 is 2.61 bits per heavy atom.